The third-order valence-corrected chi connectivity index (χ3v) is 5.65. The Morgan fingerprint density at radius 2 is 1.54 bits per heavy atom. The van der Waals surface area contributed by atoms with Crippen molar-refractivity contribution in [1.29, 1.82) is 0 Å². The highest BCUT2D eigenvalue weighted by molar-refractivity contribution is 9.10. The van der Waals surface area contributed by atoms with Crippen LogP contribution in [0.5, 0.6) is 0 Å². The first-order valence-corrected chi connectivity index (χ1v) is 10.2. The van der Waals surface area contributed by atoms with E-state index in [0.29, 0.717) is 17.8 Å². The van der Waals surface area contributed by atoms with Crippen molar-refractivity contribution in [3.63, 3.8) is 0 Å². The fourth-order valence-electron chi connectivity index (χ4n) is 3.18. The minimum absolute atomic E-state index is 0.0789. The number of carboxylic acids is 1. The monoisotopic (exact) mass is 567 g/mol. The molecule has 0 fully saturated rings. The number of nitrogens with one attached hydrogen (secondary N) is 1. The lowest BCUT2D eigenvalue weighted by Crippen LogP contribution is -2.50. The number of aryl methyl sites for hydroxylation is 1. The van der Waals surface area contributed by atoms with Crippen molar-refractivity contribution in [3.05, 3.63) is 75.5 Å². The number of aromatic nitrogens is 2. The highest BCUT2D eigenvalue weighted by Crippen LogP contribution is 2.53. The number of hydrogen-bond donors (Lipinski definition) is 2. The maximum absolute atomic E-state index is 14.3. The van der Waals surface area contributed by atoms with E-state index in [1.807, 2.05) is 0 Å². The van der Waals surface area contributed by atoms with Crippen molar-refractivity contribution < 1.29 is 45.4 Å². The SMILES string of the molecule is Cc1cc(C(F)(C(F)(F)F)C(F)(F)F)ccc1NC(=O)c1c(C(=O)O)nn(-c2ccccc2)c1Br. The van der Waals surface area contributed by atoms with Crippen LogP contribution in [0.3, 0.4) is 0 Å². The molecule has 2 aromatic carbocycles. The molecular formula is C21H13BrF7N3O3. The Balaban J connectivity index is 2.02. The van der Waals surface area contributed by atoms with Gasteiger partial charge in [-0.25, -0.2) is 13.9 Å². The van der Waals surface area contributed by atoms with Crippen molar-refractivity contribution >= 4 is 33.5 Å². The van der Waals surface area contributed by atoms with E-state index in [-0.39, 0.29) is 21.9 Å². The Labute approximate surface area is 200 Å². The number of anilines is 1. The first kappa shape index (κ1) is 26.2. The fraction of sp³-hybridized carbons (Fsp3) is 0.190. The second kappa shape index (κ2) is 8.98. The highest BCUT2D eigenvalue weighted by Gasteiger charge is 2.73. The Bertz CT molecular complexity index is 1270. The topological polar surface area (TPSA) is 84.2 Å². The third-order valence-electron chi connectivity index (χ3n) is 4.91. The van der Waals surface area contributed by atoms with Gasteiger partial charge in [0.1, 0.15) is 10.2 Å². The second-order valence-corrected chi connectivity index (χ2v) is 7.96. The summed E-state index contributed by atoms with van der Waals surface area (Å²) in [5.74, 6) is -2.65. The number of hydrogen-bond acceptors (Lipinski definition) is 3. The van der Waals surface area contributed by atoms with E-state index in [1.54, 1.807) is 30.3 Å². The predicted molar refractivity (Wildman–Crippen MR) is 112 cm³/mol. The van der Waals surface area contributed by atoms with Crippen LogP contribution in [-0.4, -0.2) is 39.1 Å². The molecule has 0 radical (unpaired) electrons. The van der Waals surface area contributed by atoms with Crippen LogP contribution in [0.15, 0.2) is 53.1 Å². The number of para-hydroxylation sites is 1. The minimum Gasteiger partial charge on any atom is -0.476 e. The van der Waals surface area contributed by atoms with Gasteiger partial charge >= 0.3 is 24.0 Å². The van der Waals surface area contributed by atoms with Gasteiger partial charge in [0.15, 0.2) is 5.69 Å². The molecule has 0 aliphatic carbocycles. The zero-order valence-electron chi connectivity index (χ0n) is 17.3. The van der Waals surface area contributed by atoms with Crippen LogP contribution in [0.25, 0.3) is 5.69 Å². The molecule has 1 amide bonds. The minimum atomic E-state index is -6.30. The molecule has 0 saturated carbocycles. The van der Waals surface area contributed by atoms with Gasteiger partial charge in [-0.3, -0.25) is 4.79 Å². The molecule has 0 spiro atoms. The summed E-state index contributed by atoms with van der Waals surface area (Å²) in [6, 6.07) is 9.27. The number of halogens is 8. The first-order chi connectivity index (χ1) is 16.1. The molecule has 6 nitrogen and oxygen atoms in total. The number of nitrogens with zero attached hydrogens (tertiary/aromatic N) is 2. The van der Waals surface area contributed by atoms with E-state index in [4.69, 9.17) is 0 Å². The molecule has 0 aliphatic heterocycles. The lowest BCUT2D eigenvalue weighted by molar-refractivity contribution is -0.348. The molecule has 3 rings (SSSR count). The molecule has 14 heteroatoms. The zero-order chi connectivity index (χ0) is 26.3. The lowest BCUT2D eigenvalue weighted by Gasteiger charge is -2.30. The molecule has 35 heavy (non-hydrogen) atoms. The van der Waals surface area contributed by atoms with Crippen LogP contribution in [0.4, 0.5) is 36.4 Å². The number of alkyl halides is 7. The van der Waals surface area contributed by atoms with Crippen LogP contribution in [0.2, 0.25) is 0 Å². The summed E-state index contributed by atoms with van der Waals surface area (Å²) in [6.07, 6.45) is -12.6. The summed E-state index contributed by atoms with van der Waals surface area (Å²) < 4.78 is 93.5. The molecule has 0 unspecified atom stereocenters. The number of amides is 1. The largest absolute Gasteiger partial charge is 0.476 e. The smallest absolute Gasteiger partial charge is 0.435 e. The summed E-state index contributed by atoms with van der Waals surface area (Å²) in [6.45, 7) is 1.05. The van der Waals surface area contributed by atoms with E-state index >= 15 is 0 Å². The third kappa shape index (κ3) is 4.61. The molecule has 1 heterocycles. The molecule has 186 valence electrons. The summed E-state index contributed by atoms with van der Waals surface area (Å²) in [4.78, 5) is 24.5. The van der Waals surface area contributed by atoms with Crippen LogP contribution in [0, 0.1) is 6.92 Å². The standard InChI is InChI=1S/C21H13BrF7N3O3/c1-10-9-11(19(23,20(24,25)26)21(27,28)29)7-8-13(10)30-17(33)14-15(18(34)35)31-32(16(14)22)12-5-3-2-4-6-12/h2-9H,1H3,(H,30,33)(H,34,35). The van der Waals surface area contributed by atoms with Crippen LogP contribution in [-0.2, 0) is 5.67 Å². The van der Waals surface area contributed by atoms with Crippen molar-refractivity contribution in [3.8, 4) is 5.69 Å². The Kier molecular flexibility index (Phi) is 6.72. The molecule has 0 saturated heterocycles. The first-order valence-electron chi connectivity index (χ1n) is 9.41. The summed E-state index contributed by atoms with van der Waals surface area (Å²) in [7, 11) is 0. The van der Waals surface area contributed by atoms with Gasteiger partial charge in [0.25, 0.3) is 5.91 Å². The van der Waals surface area contributed by atoms with Gasteiger partial charge in [-0.05, 0) is 46.6 Å². The van der Waals surface area contributed by atoms with Crippen molar-refractivity contribution in [2.75, 3.05) is 5.32 Å². The average molecular weight is 568 g/mol. The maximum Gasteiger partial charge on any atom is 0.435 e. The van der Waals surface area contributed by atoms with Gasteiger partial charge in [0, 0.05) is 11.3 Å². The molecule has 2 N–H and O–H groups in total. The van der Waals surface area contributed by atoms with E-state index in [0.717, 1.165) is 11.6 Å². The normalized spacial score (nSPS) is 12.5. The quantitative estimate of drug-likeness (QED) is 0.360. The molecule has 3 aromatic rings. The van der Waals surface area contributed by atoms with Gasteiger partial charge in [0.05, 0.1) is 5.69 Å². The average Bonchev–Trinajstić information content (AvgIpc) is 3.11. The van der Waals surface area contributed by atoms with E-state index < -0.39 is 46.7 Å². The Morgan fingerprint density at radius 1 is 0.971 bits per heavy atom. The number of carbonyl (C=O) groups excluding carboxylic acids is 1. The fourth-order valence-corrected chi connectivity index (χ4v) is 3.83. The number of benzene rings is 2. The second-order valence-electron chi connectivity index (χ2n) is 7.20. The van der Waals surface area contributed by atoms with E-state index in [2.05, 4.69) is 26.3 Å². The molecule has 0 atom stereocenters. The van der Waals surface area contributed by atoms with Gasteiger partial charge in [0.2, 0.25) is 0 Å². The Hall–Kier alpha value is -3.42. The van der Waals surface area contributed by atoms with Crippen molar-refractivity contribution in [2.24, 2.45) is 0 Å². The molecule has 0 aliphatic rings. The number of aromatic carboxylic acids is 1. The molecule has 0 bridgehead atoms. The molecule has 1 aromatic heterocycles. The van der Waals surface area contributed by atoms with Crippen LogP contribution in [0.1, 0.15) is 32.0 Å². The van der Waals surface area contributed by atoms with Gasteiger partial charge < -0.3 is 10.4 Å². The lowest BCUT2D eigenvalue weighted by atomic mass is 9.92. The molecular weight excluding hydrogens is 555 g/mol. The van der Waals surface area contributed by atoms with Crippen molar-refractivity contribution in [1.82, 2.24) is 9.78 Å². The maximum atomic E-state index is 14.3. The van der Waals surface area contributed by atoms with Crippen molar-refractivity contribution in [2.45, 2.75) is 24.9 Å². The van der Waals surface area contributed by atoms with Crippen LogP contribution >= 0.6 is 15.9 Å². The zero-order valence-corrected chi connectivity index (χ0v) is 18.9. The summed E-state index contributed by atoms with van der Waals surface area (Å²) in [5.41, 5.74) is -8.73. The number of rotatable bonds is 5. The number of carboxylic acid groups (broad SMARTS) is 1. The predicted octanol–water partition coefficient (Wildman–Crippen LogP) is 6.18. The van der Waals surface area contributed by atoms with Gasteiger partial charge in [-0.1, -0.05) is 30.3 Å². The van der Waals surface area contributed by atoms with Gasteiger partial charge in [-0.2, -0.15) is 31.4 Å². The van der Waals surface area contributed by atoms with E-state index in [1.165, 1.54) is 0 Å². The summed E-state index contributed by atoms with van der Waals surface area (Å²) >= 11 is 3.10. The van der Waals surface area contributed by atoms with E-state index in [9.17, 15) is 45.4 Å². The summed E-state index contributed by atoms with van der Waals surface area (Å²) in [5, 5.41) is 15.6. The van der Waals surface area contributed by atoms with Crippen LogP contribution < -0.4 is 5.32 Å². The Morgan fingerprint density at radius 3 is 2.03 bits per heavy atom. The number of carbonyl (C=O) groups is 2. The van der Waals surface area contributed by atoms with Gasteiger partial charge in [-0.15, -0.1) is 0 Å². The highest BCUT2D eigenvalue weighted by atomic mass is 79.9.